The van der Waals surface area contributed by atoms with Crippen molar-refractivity contribution in [1.29, 1.82) is 0 Å². The van der Waals surface area contributed by atoms with Gasteiger partial charge in [-0.15, -0.1) is 0 Å². The van der Waals surface area contributed by atoms with Gasteiger partial charge in [-0.1, -0.05) is 24.3 Å². The quantitative estimate of drug-likeness (QED) is 0.430. The van der Waals surface area contributed by atoms with Crippen molar-refractivity contribution < 1.29 is 27.1 Å². The molecule has 0 atom stereocenters. The van der Waals surface area contributed by atoms with Crippen molar-refractivity contribution in [1.82, 2.24) is 0 Å². The molecule has 31 heavy (non-hydrogen) atoms. The normalized spacial score (nSPS) is 11.6. The summed E-state index contributed by atoms with van der Waals surface area (Å²) in [4.78, 5) is 12.4. The predicted molar refractivity (Wildman–Crippen MR) is 118 cm³/mol. The molecule has 0 fully saturated rings. The van der Waals surface area contributed by atoms with Crippen molar-refractivity contribution in [2.24, 2.45) is 0 Å². The first kappa shape index (κ1) is 20.7. The van der Waals surface area contributed by atoms with E-state index < -0.39 is 16.0 Å². The number of hydrogen-bond donors (Lipinski definition) is 1. The summed E-state index contributed by atoms with van der Waals surface area (Å²) in [6.07, 6.45) is 0. The Labute approximate surface area is 179 Å². The Kier molecular flexibility index (Phi) is 5.32. The van der Waals surface area contributed by atoms with E-state index in [0.717, 1.165) is 0 Å². The molecule has 0 aliphatic heterocycles. The summed E-state index contributed by atoms with van der Waals surface area (Å²) in [7, 11) is -2.60. The van der Waals surface area contributed by atoms with E-state index in [1.165, 1.54) is 19.2 Å². The fourth-order valence-corrected chi connectivity index (χ4v) is 4.63. The van der Waals surface area contributed by atoms with Crippen LogP contribution in [-0.4, -0.2) is 28.1 Å². The van der Waals surface area contributed by atoms with Gasteiger partial charge in [0.1, 0.15) is 22.7 Å². The van der Waals surface area contributed by atoms with Crippen molar-refractivity contribution in [3.8, 4) is 5.75 Å². The van der Waals surface area contributed by atoms with Crippen molar-refractivity contribution >= 4 is 43.4 Å². The molecular weight excluding hydrogens is 418 g/mol. The van der Waals surface area contributed by atoms with E-state index in [4.69, 9.17) is 13.9 Å². The molecule has 8 heteroatoms. The highest BCUT2D eigenvalue weighted by atomic mass is 32.2. The van der Waals surface area contributed by atoms with Crippen LogP contribution in [0.1, 0.15) is 23.0 Å². The van der Waals surface area contributed by atoms with Gasteiger partial charge < -0.3 is 13.9 Å². The van der Waals surface area contributed by atoms with E-state index in [0.29, 0.717) is 45.5 Å². The monoisotopic (exact) mass is 439 g/mol. The lowest BCUT2D eigenvalue weighted by Crippen LogP contribution is -2.13. The number of carbonyl (C=O) groups is 1. The SMILES string of the molecule is CCOc1ccc(S(=O)(=O)Nc2cc3c(C(=O)OC)c(C)oc3c3ccccc23)cc1. The topological polar surface area (TPSA) is 94.8 Å². The largest absolute Gasteiger partial charge is 0.494 e. The fraction of sp³-hybridized carbons (Fsp3) is 0.174. The molecule has 0 aliphatic carbocycles. The summed E-state index contributed by atoms with van der Waals surface area (Å²) in [6.45, 7) is 4.02. The summed E-state index contributed by atoms with van der Waals surface area (Å²) in [5, 5.41) is 1.81. The highest BCUT2D eigenvalue weighted by Crippen LogP contribution is 2.37. The maximum absolute atomic E-state index is 13.1. The maximum Gasteiger partial charge on any atom is 0.342 e. The molecule has 3 aromatic carbocycles. The van der Waals surface area contributed by atoms with Gasteiger partial charge in [0.2, 0.25) is 0 Å². The number of esters is 1. The number of carbonyl (C=O) groups excluding carboxylic acids is 1. The molecule has 0 saturated carbocycles. The van der Waals surface area contributed by atoms with Crippen LogP contribution in [0.3, 0.4) is 0 Å². The molecule has 0 unspecified atom stereocenters. The van der Waals surface area contributed by atoms with Gasteiger partial charge in [-0.05, 0) is 44.2 Å². The Bertz CT molecular complexity index is 1390. The van der Waals surface area contributed by atoms with Crippen LogP contribution >= 0.6 is 0 Å². The third-order valence-corrected chi connectivity index (χ3v) is 6.33. The Hall–Kier alpha value is -3.52. The van der Waals surface area contributed by atoms with Crippen LogP contribution in [0.5, 0.6) is 5.75 Å². The van der Waals surface area contributed by atoms with Gasteiger partial charge >= 0.3 is 5.97 Å². The lowest BCUT2D eigenvalue weighted by atomic mass is 10.0. The molecule has 4 aromatic rings. The highest BCUT2D eigenvalue weighted by molar-refractivity contribution is 7.92. The summed E-state index contributed by atoms with van der Waals surface area (Å²) >= 11 is 0. The van der Waals surface area contributed by atoms with Gasteiger partial charge in [0.15, 0.2) is 0 Å². The zero-order chi connectivity index (χ0) is 22.2. The number of benzene rings is 3. The molecule has 0 spiro atoms. The molecule has 0 aliphatic rings. The number of ether oxygens (including phenoxy) is 2. The predicted octanol–water partition coefficient (Wildman–Crippen LogP) is 4.88. The lowest BCUT2D eigenvalue weighted by Gasteiger charge is -2.12. The summed E-state index contributed by atoms with van der Waals surface area (Å²) in [5.74, 6) is 0.440. The van der Waals surface area contributed by atoms with Crippen LogP contribution in [0.25, 0.3) is 21.7 Å². The minimum atomic E-state index is -3.89. The summed E-state index contributed by atoms with van der Waals surface area (Å²) in [5.41, 5.74) is 1.10. The van der Waals surface area contributed by atoms with E-state index >= 15 is 0 Å². The van der Waals surface area contributed by atoms with E-state index in [1.807, 2.05) is 19.1 Å². The molecular formula is C23H21NO6S. The average Bonchev–Trinajstić information content (AvgIpc) is 3.10. The summed E-state index contributed by atoms with van der Waals surface area (Å²) in [6, 6.07) is 15.0. The third kappa shape index (κ3) is 3.70. The average molecular weight is 439 g/mol. The number of fused-ring (bicyclic) bond motifs is 3. The van der Waals surface area contributed by atoms with Crippen LogP contribution in [-0.2, 0) is 14.8 Å². The van der Waals surface area contributed by atoms with Crippen LogP contribution in [0.2, 0.25) is 0 Å². The number of rotatable bonds is 6. The molecule has 1 aromatic heterocycles. The zero-order valence-corrected chi connectivity index (χ0v) is 18.1. The van der Waals surface area contributed by atoms with E-state index in [2.05, 4.69) is 4.72 Å². The van der Waals surface area contributed by atoms with E-state index in [-0.39, 0.29) is 10.5 Å². The standard InChI is InChI=1S/C23H21NO6S/c1-4-29-15-9-11-16(12-10-15)31(26,27)24-20-13-19-21(23(25)28-3)14(2)30-22(19)18-8-6-5-7-17(18)20/h5-13,24H,4H2,1-3H3. The number of hydrogen-bond acceptors (Lipinski definition) is 6. The fourth-order valence-electron chi connectivity index (χ4n) is 3.56. The number of sulfonamides is 1. The van der Waals surface area contributed by atoms with E-state index in [1.54, 1.807) is 37.3 Å². The van der Waals surface area contributed by atoms with Crippen molar-refractivity contribution in [3.05, 3.63) is 65.9 Å². The number of aryl methyl sites for hydroxylation is 1. The van der Waals surface area contributed by atoms with Gasteiger partial charge in [-0.25, -0.2) is 13.2 Å². The van der Waals surface area contributed by atoms with Gasteiger partial charge in [0, 0.05) is 16.2 Å². The Morgan fingerprint density at radius 3 is 2.35 bits per heavy atom. The minimum Gasteiger partial charge on any atom is -0.494 e. The first-order valence-electron chi connectivity index (χ1n) is 9.64. The lowest BCUT2D eigenvalue weighted by molar-refractivity contribution is 0.0600. The van der Waals surface area contributed by atoms with Gasteiger partial charge in [0.25, 0.3) is 10.0 Å². The highest BCUT2D eigenvalue weighted by Gasteiger charge is 2.23. The first-order valence-corrected chi connectivity index (χ1v) is 11.1. The first-order chi connectivity index (χ1) is 14.9. The van der Waals surface area contributed by atoms with Crippen molar-refractivity contribution in [2.75, 3.05) is 18.4 Å². The molecule has 0 amide bonds. The zero-order valence-electron chi connectivity index (χ0n) is 17.3. The second-order valence-electron chi connectivity index (χ2n) is 6.88. The Morgan fingerprint density at radius 1 is 1.03 bits per heavy atom. The second-order valence-corrected chi connectivity index (χ2v) is 8.56. The second kappa shape index (κ2) is 7.96. The Morgan fingerprint density at radius 2 is 1.71 bits per heavy atom. The van der Waals surface area contributed by atoms with Gasteiger partial charge in [0.05, 0.1) is 24.3 Å². The van der Waals surface area contributed by atoms with Crippen molar-refractivity contribution in [2.45, 2.75) is 18.7 Å². The molecule has 0 bridgehead atoms. The molecule has 0 radical (unpaired) electrons. The summed E-state index contributed by atoms with van der Waals surface area (Å²) < 4.78 is 44.9. The third-order valence-electron chi connectivity index (χ3n) is 4.95. The van der Waals surface area contributed by atoms with Crippen molar-refractivity contribution in [3.63, 3.8) is 0 Å². The van der Waals surface area contributed by atoms with Crippen LogP contribution in [0, 0.1) is 6.92 Å². The van der Waals surface area contributed by atoms with Crippen LogP contribution < -0.4 is 9.46 Å². The minimum absolute atomic E-state index is 0.0942. The van der Waals surface area contributed by atoms with E-state index in [9.17, 15) is 13.2 Å². The smallest absolute Gasteiger partial charge is 0.342 e. The molecule has 4 rings (SSSR count). The molecule has 7 nitrogen and oxygen atoms in total. The molecule has 0 saturated heterocycles. The van der Waals surface area contributed by atoms with Gasteiger partial charge in [-0.2, -0.15) is 0 Å². The number of furan rings is 1. The van der Waals surface area contributed by atoms with Crippen LogP contribution in [0.4, 0.5) is 5.69 Å². The van der Waals surface area contributed by atoms with Crippen LogP contribution in [0.15, 0.2) is 63.9 Å². The number of methoxy groups -OCH3 is 1. The Balaban J connectivity index is 1.87. The van der Waals surface area contributed by atoms with Gasteiger partial charge in [-0.3, -0.25) is 4.72 Å². The number of anilines is 1. The maximum atomic E-state index is 13.1. The molecule has 1 heterocycles. The molecule has 1 N–H and O–H groups in total. The number of nitrogens with one attached hydrogen (secondary N) is 1. The molecule has 160 valence electrons.